The maximum atomic E-state index is 12.5. The van der Waals surface area contributed by atoms with E-state index in [1.54, 1.807) is 36.9 Å². The number of thioether (sulfide) groups is 1. The number of carbonyl (C=O) groups excluding carboxylic acids is 1. The van der Waals surface area contributed by atoms with Gasteiger partial charge in [-0.2, -0.15) is 16.1 Å². The first-order chi connectivity index (χ1) is 9.05. The highest BCUT2D eigenvalue weighted by molar-refractivity contribution is 7.99. The van der Waals surface area contributed by atoms with Crippen molar-refractivity contribution in [3.05, 3.63) is 29.8 Å². The molecule has 1 aliphatic rings. The second-order valence-corrected chi connectivity index (χ2v) is 7.48. The van der Waals surface area contributed by atoms with Crippen LogP contribution in [0.4, 0.5) is 0 Å². The van der Waals surface area contributed by atoms with E-state index in [1.165, 1.54) is 10.4 Å². The number of hydrogen-bond donors (Lipinski definition) is 0. The van der Waals surface area contributed by atoms with Crippen molar-refractivity contribution in [2.75, 3.05) is 24.6 Å². The van der Waals surface area contributed by atoms with E-state index >= 15 is 0 Å². The first-order valence-electron chi connectivity index (χ1n) is 6.27. The predicted molar refractivity (Wildman–Crippen MR) is 77.1 cm³/mol. The summed E-state index contributed by atoms with van der Waals surface area (Å²) >= 11 is 1.76. The van der Waals surface area contributed by atoms with E-state index in [2.05, 4.69) is 0 Å². The quantitative estimate of drug-likeness (QED) is 0.798. The molecule has 19 heavy (non-hydrogen) atoms. The van der Waals surface area contributed by atoms with Crippen molar-refractivity contribution in [1.29, 1.82) is 0 Å². The van der Waals surface area contributed by atoms with Crippen molar-refractivity contribution in [3.63, 3.8) is 0 Å². The van der Waals surface area contributed by atoms with Gasteiger partial charge in [0.1, 0.15) is 0 Å². The fourth-order valence-corrected chi connectivity index (χ4v) is 4.59. The molecular formula is C13H17NO3S2. The summed E-state index contributed by atoms with van der Waals surface area (Å²) in [6.45, 7) is 2.85. The third kappa shape index (κ3) is 3.19. The van der Waals surface area contributed by atoms with Crippen LogP contribution in [-0.4, -0.2) is 43.1 Å². The van der Waals surface area contributed by atoms with Crippen LogP contribution in [0.3, 0.4) is 0 Å². The highest BCUT2D eigenvalue weighted by Gasteiger charge is 2.26. The molecule has 104 valence electrons. The zero-order valence-corrected chi connectivity index (χ0v) is 12.5. The van der Waals surface area contributed by atoms with Crippen LogP contribution >= 0.6 is 11.8 Å². The summed E-state index contributed by atoms with van der Waals surface area (Å²) in [5.41, 5.74) is 0.468. The van der Waals surface area contributed by atoms with Crippen LogP contribution in [0.2, 0.25) is 0 Å². The molecule has 1 fully saturated rings. The van der Waals surface area contributed by atoms with Gasteiger partial charge < -0.3 is 0 Å². The Morgan fingerprint density at radius 2 is 2.00 bits per heavy atom. The summed E-state index contributed by atoms with van der Waals surface area (Å²) in [7, 11) is -3.46. The lowest BCUT2D eigenvalue weighted by atomic mass is 10.1. The molecule has 1 aromatic rings. The van der Waals surface area contributed by atoms with Gasteiger partial charge in [0.05, 0.1) is 4.90 Å². The molecule has 6 heteroatoms. The second kappa shape index (κ2) is 6.07. The Bertz CT molecular complexity index is 563. The first kappa shape index (κ1) is 14.6. The number of ketones is 1. The summed E-state index contributed by atoms with van der Waals surface area (Å²) < 4.78 is 26.4. The predicted octanol–water partition coefficient (Wildman–Crippen LogP) is 2.02. The Balaban J connectivity index is 2.32. The molecule has 0 bridgehead atoms. The lowest BCUT2D eigenvalue weighted by molar-refractivity contribution is 0.0988. The van der Waals surface area contributed by atoms with Crippen molar-refractivity contribution in [1.82, 2.24) is 4.31 Å². The molecule has 0 N–H and O–H groups in total. The number of nitrogens with zero attached hydrogens (tertiary/aromatic N) is 1. The molecule has 1 heterocycles. The summed E-state index contributed by atoms with van der Waals surface area (Å²) in [6, 6.07) is 6.35. The van der Waals surface area contributed by atoms with Crippen LogP contribution in [0.1, 0.15) is 23.7 Å². The number of hydrogen-bond acceptors (Lipinski definition) is 4. The third-order valence-electron chi connectivity index (χ3n) is 3.08. The third-order valence-corrected chi connectivity index (χ3v) is 5.92. The van der Waals surface area contributed by atoms with Crippen LogP contribution in [0.15, 0.2) is 29.2 Å². The Labute approximate surface area is 118 Å². The molecule has 0 aromatic heterocycles. The summed E-state index contributed by atoms with van der Waals surface area (Å²) in [5.74, 6) is 1.62. The maximum Gasteiger partial charge on any atom is 0.243 e. The van der Waals surface area contributed by atoms with Crippen molar-refractivity contribution < 1.29 is 13.2 Å². The van der Waals surface area contributed by atoms with Gasteiger partial charge in [-0.05, 0) is 12.1 Å². The molecule has 0 aliphatic carbocycles. The van der Waals surface area contributed by atoms with E-state index in [1.807, 2.05) is 0 Å². The van der Waals surface area contributed by atoms with Gasteiger partial charge in [-0.25, -0.2) is 8.42 Å². The molecule has 0 saturated carbocycles. The lowest BCUT2D eigenvalue weighted by Crippen LogP contribution is -2.37. The summed E-state index contributed by atoms with van der Waals surface area (Å²) in [6.07, 6.45) is 0.379. The standard InChI is InChI=1S/C13H17NO3S2/c1-2-13(15)11-4-3-5-12(10-11)19(16,17)14-6-8-18-9-7-14/h3-5,10H,2,6-9H2,1H3. The molecule has 0 amide bonds. The fourth-order valence-electron chi connectivity index (χ4n) is 1.97. The Kier molecular flexibility index (Phi) is 4.65. The second-order valence-electron chi connectivity index (χ2n) is 4.32. The number of rotatable bonds is 4. The summed E-state index contributed by atoms with van der Waals surface area (Å²) in [4.78, 5) is 11.9. The minimum absolute atomic E-state index is 0.0359. The molecule has 1 aromatic carbocycles. The zero-order valence-electron chi connectivity index (χ0n) is 10.8. The molecule has 0 radical (unpaired) electrons. The SMILES string of the molecule is CCC(=O)c1cccc(S(=O)(=O)N2CCSCC2)c1. The zero-order chi connectivity index (χ0) is 13.9. The van der Waals surface area contributed by atoms with Crippen molar-refractivity contribution in [2.45, 2.75) is 18.2 Å². The molecule has 0 spiro atoms. The Morgan fingerprint density at radius 1 is 1.32 bits per heavy atom. The minimum Gasteiger partial charge on any atom is -0.294 e. The lowest BCUT2D eigenvalue weighted by Gasteiger charge is -2.25. The van der Waals surface area contributed by atoms with Crippen molar-refractivity contribution in [3.8, 4) is 0 Å². The normalized spacial score (nSPS) is 17.3. The van der Waals surface area contributed by atoms with Gasteiger partial charge in [-0.3, -0.25) is 4.79 Å². The average molecular weight is 299 g/mol. The van der Waals surface area contributed by atoms with E-state index in [4.69, 9.17) is 0 Å². The molecule has 0 atom stereocenters. The van der Waals surface area contributed by atoms with Crippen molar-refractivity contribution >= 4 is 27.6 Å². The van der Waals surface area contributed by atoms with E-state index in [0.29, 0.717) is 25.1 Å². The van der Waals surface area contributed by atoms with Gasteiger partial charge in [0, 0.05) is 36.6 Å². The smallest absolute Gasteiger partial charge is 0.243 e. The number of benzene rings is 1. The van der Waals surface area contributed by atoms with E-state index < -0.39 is 10.0 Å². The van der Waals surface area contributed by atoms with Gasteiger partial charge in [0.2, 0.25) is 10.0 Å². The molecule has 0 unspecified atom stereocenters. The van der Waals surface area contributed by atoms with Gasteiger partial charge >= 0.3 is 0 Å². The van der Waals surface area contributed by atoms with Crippen LogP contribution in [0, 0.1) is 0 Å². The van der Waals surface area contributed by atoms with Crippen LogP contribution in [0.5, 0.6) is 0 Å². The Morgan fingerprint density at radius 3 is 2.63 bits per heavy atom. The topological polar surface area (TPSA) is 54.5 Å². The first-order valence-corrected chi connectivity index (χ1v) is 8.86. The van der Waals surface area contributed by atoms with E-state index in [0.717, 1.165) is 11.5 Å². The van der Waals surface area contributed by atoms with Gasteiger partial charge in [-0.15, -0.1) is 0 Å². The number of sulfonamides is 1. The highest BCUT2D eigenvalue weighted by Crippen LogP contribution is 2.21. The Hall–Kier alpha value is -0.850. The molecule has 4 nitrogen and oxygen atoms in total. The molecule has 1 aliphatic heterocycles. The van der Waals surface area contributed by atoms with Gasteiger partial charge in [0.15, 0.2) is 5.78 Å². The minimum atomic E-state index is -3.46. The van der Waals surface area contributed by atoms with Gasteiger partial charge in [-0.1, -0.05) is 19.1 Å². The van der Waals surface area contributed by atoms with Crippen molar-refractivity contribution in [2.24, 2.45) is 0 Å². The monoisotopic (exact) mass is 299 g/mol. The van der Waals surface area contributed by atoms with Crippen LogP contribution in [-0.2, 0) is 10.0 Å². The fraction of sp³-hybridized carbons (Fsp3) is 0.462. The highest BCUT2D eigenvalue weighted by atomic mass is 32.2. The van der Waals surface area contributed by atoms with Crippen LogP contribution in [0.25, 0.3) is 0 Å². The average Bonchev–Trinajstić information content (AvgIpc) is 2.47. The number of Topliss-reactive ketones (excluding diaryl/α,β-unsaturated/α-hetero) is 1. The number of carbonyl (C=O) groups is 1. The van der Waals surface area contributed by atoms with E-state index in [9.17, 15) is 13.2 Å². The van der Waals surface area contributed by atoms with Gasteiger partial charge in [0.25, 0.3) is 0 Å². The molecular weight excluding hydrogens is 282 g/mol. The van der Waals surface area contributed by atoms with E-state index in [-0.39, 0.29) is 10.7 Å². The summed E-state index contributed by atoms with van der Waals surface area (Å²) in [5, 5.41) is 0. The van der Waals surface area contributed by atoms with Crippen LogP contribution < -0.4 is 0 Å². The molecule has 1 saturated heterocycles. The molecule has 2 rings (SSSR count). The largest absolute Gasteiger partial charge is 0.294 e. The maximum absolute atomic E-state index is 12.5.